The minimum atomic E-state index is 0.203. The van der Waals surface area contributed by atoms with Crippen molar-refractivity contribution in [3.05, 3.63) is 54.0 Å². The van der Waals surface area contributed by atoms with Crippen molar-refractivity contribution in [3.63, 3.8) is 0 Å². The number of likely N-dealkylation sites (tertiary alicyclic amines) is 1. The number of ether oxygens (including phenoxy) is 2. The number of hydrogen-bond acceptors (Lipinski definition) is 5. The van der Waals surface area contributed by atoms with Crippen LogP contribution in [0.25, 0.3) is 0 Å². The molecule has 3 rings (SSSR count). The number of aliphatic imine (C=N–C) groups is 1. The number of benzene rings is 1. The number of guanidine groups is 1. The molecular formula is C24H36N4O3. The topological polar surface area (TPSA) is 71.3 Å². The van der Waals surface area contributed by atoms with Gasteiger partial charge in [-0.25, -0.2) is 4.99 Å². The van der Waals surface area contributed by atoms with Crippen LogP contribution >= 0.6 is 0 Å². The third-order valence-electron chi connectivity index (χ3n) is 5.46. The number of nitrogens with zero attached hydrogens (tertiary/aromatic N) is 2. The van der Waals surface area contributed by atoms with Gasteiger partial charge in [0.05, 0.1) is 26.0 Å². The van der Waals surface area contributed by atoms with Gasteiger partial charge in [-0.2, -0.15) is 0 Å². The molecule has 1 atom stereocenters. The maximum Gasteiger partial charge on any atom is 0.191 e. The smallest absolute Gasteiger partial charge is 0.191 e. The molecule has 0 bridgehead atoms. The van der Waals surface area contributed by atoms with Gasteiger partial charge in [-0.3, -0.25) is 4.90 Å². The zero-order chi connectivity index (χ0) is 21.7. The van der Waals surface area contributed by atoms with E-state index in [0.29, 0.717) is 6.54 Å². The molecular weight excluding hydrogens is 392 g/mol. The predicted molar refractivity (Wildman–Crippen MR) is 124 cm³/mol. The van der Waals surface area contributed by atoms with Crippen LogP contribution in [0.5, 0.6) is 5.75 Å². The van der Waals surface area contributed by atoms with Crippen molar-refractivity contribution in [2.75, 3.05) is 46.5 Å². The van der Waals surface area contributed by atoms with E-state index in [1.807, 2.05) is 37.3 Å². The number of hydrogen-bond donors (Lipinski definition) is 2. The minimum Gasteiger partial charge on any atom is -0.497 e. The maximum atomic E-state index is 5.75. The normalized spacial score (nSPS) is 15.7. The lowest BCUT2D eigenvalue weighted by Gasteiger charge is -2.26. The molecule has 0 radical (unpaired) electrons. The Morgan fingerprint density at radius 3 is 2.65 bits per heavy atom. The van der Waals surface area contributed by atoms with E-state index in [1.165, 1.54) is 12.8 Å². The molecule has 1 aromatic heterocycles. The molecule has 1 fully saturated rings. The fourth-order valence-corrected chi connectivity index (χ4v) is 3.74. The fourth-order valence-electron chi connectivity index (χ4n) is 3.74. The van der Waals surface area contributed by atoms with Crippen molar-refractivity contribution in [3.8, 4) is 5.75 Å². The highest BCUT2D eigenvalue weighted by Gasteiger charge is 2.25. The molecule has 7 heteroatoms. The standard InChI is InChI=1S/C24H36N4O3/c1-3-30-16-7-13-25-24(26-18-20-9-11-21(29-2)12-10-20)27-19-22(23-8-6-17-31-23)28-14-4-5-15-28/h6,8-12,17,22H,3-5,7,13-16,18-19H2,1-2H3,(H2,25,26,27). The molecule has 0 spiro atoms. The fraction of sp³-hybridized carbons (Fsp3) is 0.542. The lowest BCUT2D eigenvalue weighted by molar-refractivity contribution is 0.145. The summed E-state index contributed by atoms with van der Waals surface area (Å²) in [6, 6.07) is 12.3. The molecule has 2 heterocycles. The Morgan fingerprint density at radius 1 is 1.16 bits per heavy atom. The van der Waals surface area contributed by atoms with Gasteiger partial charge in [0.25, 0.3) is 0 Å². The van der Waals surface area contributed by atoms with Crippen LogP contribution in [0.2, 0.25) is 0 Å². The first kappa shape index (κ1) is 23.2. The van der Waals surface area contributed by atoms with Gasteiger partial charge in [-0.15, -0.1) is 0 Å². The maximum absolute atomic E-state index is 5.75. The first-order valence-electron chi connectivity index (χ1n) is 11.3. The van der Waals surface area contributed by atoms with Crippen molar-refractivity contribution in [1.82, 2.24) is 15.5 Å². The van der Waals surface area contributed by atoms with Crippen molar-refractivity contribution < 1.29 is 13.9 Å². The van der Waals surface area contributed by atoms with Crippen molar-refractivity contribution in [2.24, 2.45) is 4.99 Å². The Labute approximate surface area is 185 Å². The SMILES string of the molecule is CCOCCCNC(=NCc1ccc(OC)cc1)NCC(c1ccco1)N1CCCC1. The van der Waals surface area contributed by atoms with Gasteiger partial charge in [0.1, 0.15) is 11.5 Å². The first-order chi connectivity index (χ1) is 15.3. The highest BCUT2D eigenvalue weighted by molar-refractivity contribution is 5.79. The molecule has 2 aromatic rings. The summed E-state index contributed by atoms with van der Waals surface area (Å²) in [5.74, 6) is 2.66. The second-order valence-corrected chi connectivity index (χ2v) is 7.65. The molecule has 31 heavy (non-hydrogen) atoms. The van der Waals surface area contributed by atoms with Crippen LogP contribution in [0.15, 0.2) is 52.1 Å². The largest absolute Gasteiger partial charge is 0.497 e. The van der Waals surface area contributed by atoms with E-state index in [2.05, 4.69) is 21.6 Å². The summed E-state index contributed by atoms with van der Waals surface area (Å²) in [6.45, 7) is 7.87. The van der Waals surface area contributed by atoms with Crippen LogP contribution in [0.3, 0.4) is 0 Å². The molecule has 0 amide bonds. The van der Waals surface area contributed by atoms with Crippen molar-refractivity contribution in [2.45, 2.75) is 38.8 Å². The molecule has 1 aliphatic heterocycles. The van der Waals surface area contributed by atoms with Crippen LogP contribution in [0.1, 0.15) is 43.6 Å². The average molecular weight is 429 g/mol. The monoisotopic (exact) mass is 428 g/mol. The second kappa shape index (κ2) is 13.0. The molecule has 0 saturated carbocycles. The van der Waals surface area contributed by atoms with E-state index < -0.39 is 0 Å². The van der Waals surface area contributed by atoms with Crippen LogP contribution in [0, 0.1) is 0 Å². The molecule has 0 aliphatic carbocycles. The lowest BCUT2D eigenvalue weighted by Crippen LogP contribution is -2.43. The lowest BCUT2D eigenvalue weighted by atomic mass is 10.2. The van der Waals surface area contributed by atoms with Crippen LogP contribution in [0.4, 0.5) is 0 Å². The summed E-state index contributed by atoms with van der Waals surface area (Å²) in [5, 5.41) is 6.99. The summed E-state index contributed by atoms with van der Waals surface area (Å²) in [6.07, 6.45) is 5.17. The first-order valence-corrected chi connectivity index (χ1v) is 11.3. The third-order valence-corrected chi connectivity index (χ3v) is 5.46. The number of nitrogens with one attached hydrogen (secondary N) is 2. The van der Waals surface area contributed by atoms with Crippen molar-refractivity contribution >= 4 is 5.96 Å². The number of furan rings is 1. The van der Waals surface area contributed by atoms with E-state index in [0.717, 1.165) is 68.8 Å². The average Bonchev–Trinajstić information content (AvgIpc) is 3.52. The van der Waals surface area contributed by atoms with Gasteiger partial charge in [0.15, 0.2) is 5.96 Å². The zero-order valence-electron chi connectivity index (χ0n) is 18.8. The minimum absolute atomic E-state index is 0.203. The summed E-state index contributed by atoms with van der Waals surface area (Å²) >= 11 is 0. The molecule has 1 saturated heterocycles. The van der Waals surface area contributed by atoms with Crippen LogP contribution in [-0.4, -0.2) is 57.4 Å². The highest BCUT2D eigenvalue weighted by Crippen LogP contribution is 2.24. The zero-order valence-corrected chi connectivity index (χ0v) is 18.8. The molecule has 1 aromatic carbocycles. The van der Waals surface area contributed by atoms with Gasteiger partial charge in [-0.05, 0) is 69.1 Å². The van der Waals surface area contributed by atoms with Crippen molar-refractivity contribution in [1.29, 1.82) is 0 Å². The summed E-state index contributed by atoms with van der Waals surface area (Å²) in [7, 11) is 1.68. The second-order valence-electron chi connectivity index (χ2n) is 7.65. The van der Waals surface area contributed by atoms with Crippen LogP contribution < -0.4 is 15.4 Å². The Balaban J connectivity index is 1.62. The Hall–Kier alpha value is -2.51. The Morgan fingerprint density at radius 2 is 1.97 bits per heavy atom. The molecule has 170 valence electrons. The molecule has 1 aliphatic rings. The van der Waals surface area contributed by atoms with E-state index in [1.54, 1.807) is 13.4 Å². The van der Waals surface area contributed by atoms with Gasteiger partial charge in [-0.1, -0.05) is 12.1 Å². The Kier molecular flexibility index (Phi) is 9.73. The van der Waals surface area contributed by atoms with E-state index in [4.69, 9.17) is 18.9 Å². The summed E-state index contributed by atoms with van der Waals surface area (Å²) in [5.41, 5.74) is 1.14. The summed E-state index contributed by atoms with van der Waals surface area (Å²) in [4.78, 5) is 7.30. The summed E-state index contributed by atoms with van der Waals surface area (Å²) < 4.78 is 16.4. The molecule has 7 nitrogen and oxygen atoms in total. The van der Waals surface area contributed by atoms with Gasteiger partial charge in [0, 0.05) is 26.3 Å². The van der Waals surface area contributed by atoms with Gasteiger partial charge < -0.3 is 24.5 Å². The third kappa shape index (κ3) is 7.60. The highest BCUT2D eigenvalue weighted by atomic mass is 16.5. The molecule has 2 N–H and O–H groups in total. The van der Waals surface area contributed by atoms with E-state index >= 15 is 0 Å². The van der Waals surface area contributed by atoms with E-state index in [9.17, 15) is 0 Å². The Bertz CT molecular complexity index is 756. The van der Waals surface area contributed by atoms with E-state index in [-0.39, 0.29) is 6.04 Å². The quantitative estimate of drug-likeness (QED) is 0.306. The van der Waals surface area contributed by atoms with Crippen LogP contribution in [-0.2, 0) is 11.3 Å². The number of rotatable bonds is 12. The predicted octanol–water partition coefficient (Wildman–Crippen LogP) is 3.59. The van der Waals surface area contributed by atoms with Gasteiger partial charge in [0.2, 0.25) is 0 Å². The molecule has 1 unspecified atom stereocenters. The van der Waals surface area contributed by atoms with Gasteiger partial charge >= 0.3 is 0 Å². The number of methoxy groups -OCH3 is 1.